The zero-order valence-corrected chi connectivity index (χ0v) is 10.1. The quantitative estimate of drug-likeness (QED) is 0.822. The Bertz CT molecular complexity index is 410. The molecule has 1 nitrogen and oxygen atoms in total. The summed E-state index contributed by atoms with van der Waals surface area (Å²) < 4.78 is 13.6. The van der Waals surface area contributed by atoms with Crippen molar-refractivity contribution in [2.45, 2.75) is 26.2 Å². The molecule has 0 bridgehead atoms. The summed E-state index contributed by atoms with van der Waals surface area (Å²) in [4.78, 5) is 11.8. The van der Waals surface area contributed by atoms with Gasteiger partial charge in [-0.3, -0.25) is 4.79 Å². The zero-order chi connectivity index (χ0) is 11.1. The third-order valence-electron chi connectivity index (χ3n) is 3.06. The third kappa shape index (κ3) is 2.12. The van der Waals surface area contributed by atoms with Crippen molar-refractivity contribution in [3.63, 3.8) is 0 Å². The first kappa shape index (κ1) is 10.8. The molecule has 0 radical (unpaired) electrons. The van der Waals surface area contributed by atoms with E-state index in [-0.39, 0.29) is 17.0 Å². The van der Waals surface area contributed by atoms with E-state index in [2.05, 4.69) is 15.9 Å². The number of carbonyl (C=O) groups is 1. The first-order valence-corrected chi connectivity index (χ1v) is 5.78. The van der Waals surface area contributed by atoms with Crippen molar-refractivity contribution in [3.05, 3.63) is 34.1 Å². The van der Waals surface area contributed by atoms with Gasteiger partial charge in [0.15, 0.2) is 0 Å². The third-order valence-corrected chi connectivity index (χ3v) is 3.94. The van der Waals surface area contributed by atoms with Crippen molar-refractivity contribution in [1.29, 1.82) is 0 Å². The Labute approximate surface area is 96.8 Å². The second kappa shape index (κ2) is 3.71. The highest BCUT2D eigenvalue weighted by Crippen LogP contribution is 2.46. The average Bonchev–Trinajstić information content (AvgIpc) is 2.93. The molecule has 0 saturated heterocycles. The molecule has 1 aromatic rings. The minimum atomic E-state index is -0.304. The molecule has 80 valence electrons. The van der Waals surface area contributed by atoms with Crippen molar-refractivity contribution in [2.24, 2.45) is 5.41 Å². The molecule has 0 unspecified atom stereocenters. The number of ketones is 1. The summed E-state index contributed by atoms with van der Waals surface area (Å²) in [6, 6.07) is 4.81. The largest absolute Gasteiger partial charge is 0.299 e. The lowest BCUT2D eigenvalue weighted by Gasteiger charge is -2.08. The first-order valence-electron chi connectivity index (χ1n) is 4.99. The minimum absolute atomic E-state index is 0.133. The summed E-state index contributed by atoms with van der Waals surface area (Å²) in [7, 11) is 0. The van der Waals surface area contributed by atoms with Gasteiger partial charge in [0.2, 0.25) is 0 Å². The second-order valence-corrected chi connectivity index (χ2v) is 5.17. The van der Waals surface area contributed by atoms with Gasteiger partial charge in [0.25, 0.3) is 0 Å². The van der Waals surface area contributed by atoms with Crippen LogP contribution in [0.3, 0.4) is 0 Å². The Kier molecular flexibility index (Phi) is 2.67. The van der Waals surface area contributed by atoms with Gasteiger partial charge in [-0.15, -0.1) is 0 Å². The monoisotopic (exact) mass is 270 g/mol. The van der Waals surface area contributed by atoms with Crippen molar-refractivity contribution in [2.75, 3.05) is 0 Å². The van der Waals surface area contributed by atoms with E-state index in [9.17, 15) is 9.18 Å². The van der Waals surface area contributed by atoms with Crippen LogP contribution in [0.15, 0.2) is 22.7 Å². The summed E-state index contributed by atoms with van der Waals surface area (Å²) in [5, 5.41) is 0. The molecule has 1 fully saturated rings. The lowest BCUT2D eigenvalue weighted by atomic mass is 9.97. The van der Waals surface area contributed by atoms with Gasteiger partial charge in [0.05, 0.1) is 4.47 Å². The minimum Gasteiger partial charge on any atom is -0.299 e. The maximum absolute atomic E-state index is 13.2. The first-order chi connectivity index (χ1) is 7.03. The summed E-state index contributed by atoms with van der Waals surface area (Å²) in [6.45, 7) is 1.97. The van der Waals surface area contributed by atoms with E-state index in [1.807, 2.05) is 6.92 Å². The topological polar surface area (TPSA) is 17.1 Å². The van der Waals surface area contributed by atoms with E-state index in [0.29, 0.717) is 10.9 Å². The Morgan fingerprint density at radius 2 is 2.20 bits per heavy atom. The molecule has 15 heavy (non-hydrogen) atoms. The average molecular weight is 271 g/mol. The van der Waals surface area contributed by atoms with Crippen LogP contribution in [0.1, 0.15) is 25.3 Å². The molecule has 0 atom stereocenters. The Morgan fingerprint density at radius 3 is 2.80 bits per heavy atom. The fourth-order valence-electron chi connectivity index (χ4n) is 1.54. The van der Waals surface area contributed by atoms with Gasteiger partial charge in [-0.05, 0) is 40.4 Å². The van der Waals surface area contributed by atoms with Crippen molar-refractivity contribution < 1.29 is 9.18 Å². The molecule has 1 aliphatic carbocycles. The van der Waals surface area contributed by atoms with Crippen LogP contribution in [-0.4, -0.2) is 5.78 Å². The van der Waals surface area contributed by atoms with Crippen molar-refractivity contribution in [1.82, 2.24) is 0 Å². The Morgan fingerprint density at radius 1 is 1.53 bits per heavy atom. The second-order valence-electron chi connectivity index (χ2n) is 4.37. The lowest BCUT2D eigenvalue weighted by molar-refractivity contribution is -0.122. The normalized spacial score (nSPS) is 17.5. The van der Waals surface area contributed by atoms with E-state index in [0.717, 1.165) is 18.4 Å². The van der Waals surface area contributed by atoms with Crippen molar-refractivity contribution >= 4 is 21.7 Å². The van der Waals surface area contributed by atoms with Crippen LogP contribution < -0.4 is 0 Å². The molecule has 1 aliphatic rings. The standard InChI is InChI=1S/C12H12BrFO/c1-12(5-6-12)10(15)7-8-3-2-4-9(14)11(8)13/h2-4H,5-7H2,1H3. The molecule has 0 amide bonds. The van der Waals surface area contributed by atoms with E-state index >= 15 is 0 Å². The van der Waals surface area contributed by atoms with E-state index < -0.39 is 0 Å². The van der Waals surface area contributed by atoms with Crippen LogP contribution in [0.25, 0.3) is 0 Å². The molecule has 1 saturated carbocycles. The summed E-state index contributed by atoms with van der Waals surface area (Å²) >= 11 is 3.17. The van der Waals surface area contributed by atoms with Crippen LogP contribution in [0.2, 0.25) is 0 Å². The maximum Gasteiger partial charge on any atom is 0.143 e. The van der Waals surface area contributed by atoms with Gasteiger partial charge in [0.1, 0.15) is 11.6 Å². The Hall–Kier alpha value is -0.700. The van der Waals surface area contributed by atoms with E-state index in [1.165, 1.54) is 6.07 Å². The molecular formula is C12H12BrFO. The highest BCUT2D eigenvalue weighted by molar-refractivity contribution is 9.10. The molecule has 0 heterocycles. The SMILES string of the molecule is CC1(C(=O)Cc2cccc(F)c2Br)CC1. The molecular weight excluding hydrogens is 259 g/mol. The number of halogens is 2. The lowest BCUT2D eigenvalue weighted by Crippen LogP contribution is -2.14. The summed E-state index contributed by atoms with van der Waals surface area (Å²) in [5.41, 5.74) is 0.610. The van der Waals surface area contributed by atoms with Gasteiger partial charge in [0, 0.05) is 11.8 Å². The highest BCUT2D eigenvalue weighted by Gasteiger charge is 2.44. The molecule has 0 N–H and O–H groups in total. The smallest absolute Gasteiger partial charge is 0.143 e. The van der Waals surface area contributed by atoms with Crippen LogP contribution in [0.5, 0.6) is 0 Å². The van der Waals surface area contributed by atoms with Crippen molar-refractivity contribution in [3.8, 4) is 0 Å². The molecule has 0 spiro atoms. The molecule has 1 aromatic carbocycles. The van der Waals surface area contributed by atoms with Crippen LogP contribution in [-0.2, 0) is 11.2 Å². The predicted octanol–water partition coefficient (Wildman–Crippen LogP) is 3.50. The maximum atomic E-state index is 13.2. The van der Waals surface area contributed by atoms with Crippen LogP contribution >= 0.6 is 15.9 Å². The molecule has 3 heteroatoms. The number of hydrogen-bond donors (Lipinski definition) is 0. The van der Waals surface area contributed by atoms with Gasteiger partial charge >= 0.3 is 0 Å². The number of hydrogen-bond acceptors (Lipinski definition) is 1. The van der Waals surface area contributed by atoms with Gasteiger partial charge in [-0.1, -0.05) is 19.1 Å². The fourth-order valence-corrected chi connectivity index (χ4v) is 1.94. The number of rotatable bonds is 3. The Balaban J connectivity index is 2.17. The predicted molar refractivity (Wildman–Crippen MR) is 60.2 cm³/mol. The number of benzene rings is 1. The van der Waals surface area contributed by atoms with Gasteiger partial charge in [-0.2, -0.15) is 0 Å². The molecule has 0 aliphatic heterocycles. The van der Waals surface area contributed by atoms with Crippen LogP contribution in [0, 0.1) is 11.2 Å². The van der Waals surface area contributed by atoms with Gasteiger partial charge < -0.3 is 0 Å². The zero-order valence-electron chi connectivity index (χ0n) is 8.52. The van der Waals surface area contributed by atoms with Crippen LogP contribution in [0.4, 0.5) is 4.39 Å². The fraction of sp³-hybridized carbons (Fsp3) is 0.417. The number of carbonyl (C=O) groups excluding carboxylic acids is 1. The molecule has 2 rings (SSSR count). The summed E-state index contributed by atoms with van der Waals surface area (Å²) in [5.74, 6) is -0.0879. The van der Waals surface area contributed by atoms with E-state index in [4.69, 9.17) is 0 Å². The summed E-state index contributed by atoms with van der Waals surface area (Å²) in [6.07, 6.45) is 2.27. The van der Waals surface area contributed by atoms with E-state index in [1.54, 1.807) is 12.1 Å². The molecule has 0 aromatic heterocycles. The number of Topliss-reactive ketones (excluding diaryl/α,β-unsaturated/α-hetero) is 1. The highest BCUT2D eigenvalue weighted by atomic mass is 79.9. The van der Waals surface area contributed by atoms with Gasteiger partial charge in [-0.25, -0.2) is 4.39 Å².